The summed E-state index contributed by atoms with van der Waals surface area (Å²) in [5.41, 5.74) is 2.50. The Kier molecular flexibility index (Phi) is 4.13. The molecule has 0 aromatic carbocycles. The molecule has 17 heavy (non-hydrogen) atoms. The Labute approximate surface area is 104 Å². The molecule has 1 heterocycles. The Balaban J connectivity index is 1.71. The molecular formula is C14H23N3. The summed E-state index contributed by atoms with van der Waals surface area (Å²) in [7, 11) is 2.23. The highest BCUT2D eigenvalue weighted by atomic mass is 15.2. The molecule has 0 aliphatic heterocycles. The molecule has 1 atom stereocenters. The third-order valence-corrected chi connectivity index (χ3v) is 3.52. The van der Waals surface area contributed by atoms with Crippen molar-refractivity contribution in [2.45, 2.75) is 45.3 Å². The first kappa shape index (κ1) is 12.5. The topological polar surface area (TPSA) is 28.2 Å². The van der Waals surface area contributed by atoms with Crippen molar-refractivity contribution in [3.05, 3.63) is 29.6 Å². The lowest BCUT2D eigenvalue weighted by atomic mass is 10.2. The van der Waals surface area contributed by atoms with Crippen LogP contribution in [0.5, 0.6) is 0 Å². The van der Waals surface area contributed by atoms with Gasteiger partial charge in [-0.3, -0.25) is 9.88 Å². The summed E-state index contributed by atoms with van der Waals surface area (Å²) < 4.78 is 0. The van der Waals surface area contributed by atoms with E-state index in [2.05, 4.69) is 42.2 Å². The minimum absolute atomic E-state index is 0.611. The van der Waals surface area contributed by atoms with Gasteiger partial charge in [0, 0.05) is 37.6 Å². The predicted octanol–water partition coefficient (Wildman–Crippen LogP) is 1.96. The summed E-state index contributed by atoms with van der Waals surface area (Å²) in [5, 5.41) is 3.51. The van der Waals surface area contributed by atoms with Gasteiger partial charge >= 0.3 is 0 Å². The van der Waals surface area contributed by atoms with E-state index in [1.807, 2.05) is 12.4 Å². The maximum Gasteiger partial charge on any atom is 0.0313 e. The van der Waals surface area contributed by atoms with Crippen molar-refractivity contribution in [2.24, 2.45) is 0 Å². The molecule has 1 unspecified atom stereocenters. The minimum Gasteiger partial charge on any atom is -0.311 e. The van der Waals surface area contributed by atoms with Gasteiger partial charge in [-0.25, -0.2) is 0 Å². The van der Waals surface area contributed by atoms with Crippen LogP contribution in [0.2, 0.25) is 0 Å². The van der Waals surface area contributed by atoms with Gasteiger partial charge in [0.15, 0.2) is 0 Å². The third kappa shape index (κ3) is 3.79. The van der Waals surface area contributed by atoms with E-state index in [0.717, 1.165) is 19.1 Å². The van der Waals surface area contributed by atoms with E-state index < -0.39 is 0 Å². The van der Waals surface area contributed by atoms with Crippen LogP contribution in [-0.2, 0) is 6.54 Å². The number of hydrogen-bond donors (Lipinski definition) is 1. The van der Waals surface area contributed by atoms with Crippen LogP contribution >= 0.6 is 0 Å². The number of aryl methyl sites for hydroxylation is 1. The molecule has 94 valence electrons. The zero-order chi connectivity index (χ0) is 12.3. The van der Waals surface area contributed by atoms with Gasteiger partial charge in [-0.15, -0.1) is 0 Å². The lowest BCUT2D eigenvalue weighted by Crippen LogP contribution is -2.38. The Morgan fingerprint density at radius 1 is 1.47 bits per heavy atom. The first-order valence-corrected chi connectivity index (χ1v) is 6.50. The number of nitrogens with one attached hydrogen (secondary N) is 1. The van der Waals surface area contributed by atoms with Crippen molar-refractivity contribution >= 4 is 0 Å². The molecule has 1 aromatic rings. The number of aromatic nitrogens is 1. The van der Waals surface area contributed by atoms with E-state index in [-0.39, 0.29) is 0 Å². The van der Waals surface area contributed by atoms with Gasteiger partial charge < -0.3 is 5.32 Å². The molecule has 0 radical (unpaired) electrons. The van der Waals surface area contributed by atoms with Crippen LogP contribution in [0, 0.1) is 6.92 Å². The summed E-state index contributed by atoms with van der Waals surface area (Å²) >= 11 is 0. The first-order valence-electron chi connectivity index (χ1n) is 6.50. The standard InChI is InChI=1S/C14H23N3/c1-11-6-13(9-15-7-11)10-16-8-12(2)17(3)14-4-5-14/h6-7,9,12,14,16H,4-5,8,10H2,1-3H3. The monoisotopic (exact) mass is 233 g/mol. The molecule has 1 saturated carbocycles. The average Bonchev–Trinajstić information content (AvgIpc) is 3.12. The quantitative estimate of drug-likeness (QED) is 0.814. The lowest BCUT2D eigenvalue weighted by molar-refractivity contribution is 0.241. The summed E-state index contributed by atoms with van der Waals surface area (Å²) in [6.45, 7) is 6.33. The zero-order valence-electron chi connectivity index (χ0n) is 11.1. The molecule has 1 N–H and O–H groups in total. The number of likely N-dealkylation sites (N-methyl/N-ethyl adjacent to an activating group) is 1. The van der Waals surface area contributed by atoms with Crippen LogP contribution in [-0.4, -0.2) is 35.6 Å². The SMILES string of the molecule is Cc1cncc(CNCC(C)N(C)C2CC2)c1. The summed E-state index contributed by atoms with van der Waals surface area (Å²) in [4.78, 5) is 6.69. The minimum atomic E-state index is 0.611. The fourth-order valence-electron chi connectivity index (χ4n) is 2.13. The fraction of sp³-hybridized carbons (Fsp3) is 0.643. The average molecular weight is 233 g/mol. The van der Waals surface area contributed by atoms with E-state index in [1.165, 1.54) is 24.0 Å². The number of pyridine rings is 1. The van der Waals surface area contributed by atoms with Crippen molar-refractivity contribution < 1.29 is 0 Å². The van der Waals surface area contributed by atoms with E-state index in [0.29, 0.717) is 6.04 Å². The Hall–Kier alpha value is -0.930. The number of nitrogens with zero attached hydrogens (tertiary/aromatic N) is 2. The Bertz CT molecular complexity index is 360. The second-order valence-corrected chi connectivity index (χ2v) is 5.25. The molecule has 3 nitrogen and oxygen atoms in total. The summed E-state index contributed by atoms with van der Waals surface area (Å²) in [5.74, 6) is 0. The maximum atomic E-state index is 4.20. The highest BCUT2D eigenvalue weighted by molar-refractivity contribution is 5.16. The highest BCUT2D eigenvalue weighted by Crippen LogP contribution is 2.26. The van der Waals surface area contributed by atoms with Crippen molar-refractivity contribution in [1.29, 1.82) is 0 Å². The second kappa shape index (κ2) is 5.61. The Morgan fingerprint density at radius 3 is 2.88 bits per heavy atom. The highest BCUT2D eigenvalue weighted by Gasteiger charge is 2.28. The van der Waals surface area contributed by atoms with Gasteiger partial charge in [0.25, 0.3) is 0 Å². The molecular weight excluding hydrogens is 210 g/mol. The van der Waals surface area contributed by atoms with Crippen molar-refractivity contribution in [1.82, 2.24) is 15.2 Å². The molecule has 3 heteroatoms. The maximum absolute atomic E-state index is 4.20. The molecule has 2 rings (SSSR count). The van der Waals surface area contributed by atoms with Gasteiger partial charge in [0.2, 0.25) is 0 Å². The van der Waals surface area contributed by atoms with Gasteiger partial charge in [0.05, 0.1) is 0 Å². The van der Waals surface area contributed by atoms with E-state index in [9.17, 15) is 0 Å². The van der Waals surface area contributed by atoms with E-state index in [1.54, 1.807) is 0 Å². The largest absolute Gasteiger partial charge is 0.311 e. The zero-order valence-corrected chi connectivity index (χ0v) is 11.1. The van der Waals surface area contributed by atoms with Gasteiger partial charge in [-0.1, -0.05) is 6.07 Å². The smallest absolute Gasteiger partial charge is 0.0313 e. The van der Waals surface area contributed by atoms with Crippen LogP contribution in [0.3, 0.4) is 0 Å². The lowest BCUT2D eigenvalue weighted by Gasteiger charge is -2.24. The van der Waals surface area contributed by atoms with E-state index in [4.69, 9.17) is 0 Å². The third-order valence-electron chi connectivity index (χ3n) is 3.52. The number of rotatable bonds is 6. The van der Waals surface area contributed by atoms with Gasteiger partial charge in [-0.2, -0.15) is 0 Å². The van der Waals surface area contributed by atoms with Crippen LogP contribution in [0.1, 0.15) is 30.9 Å². The molecule has 0 saturated heterocycles. The molecule has 0 spiro atoms. The van der Waals surface area contributed by atoms with Crippen LogP contribution in [0.15, 0.2) is 18.5 Å². The fourth-order valence-corrected chi connectivity index (χ4v) is 2.13. The first-order chi connectivity index (χ1) is 8.16. The summed E-state index contributed by atoms with van der Waals surface area (Å²) in [6.07, 6.45) is 6.59. The van der Waals surface area contributed by atoms with Crippen molar-refractivity contribution in [3.8, 4) is 0 Å². The van der Waals surface area contributed by atoms with Crippen LogP contribution in [0.25, 0.3) is 0 Å². The van der Waals surface area contributed by atoms with Crippen molar-refractivity contribution in [3.63, 3.8) is 0 Å². The second-order valence-electron chi connectivity index (χ2n) is 5.25. The normalized spacial score (nSPS) is 17.4. The molecule has 1 aliphatic rings. The molecule has 0 amide bonds. The van der Waals surface area contributed by atoms with E-state index >= 15 is 0 Å². The molecule has 1 fully saturated rings. The Morgan fingerprint density at radius 2 is 2.24 bits per heavy atom. The van der Waals surface area contributed by atoms with Gasteiger partial charge in [-0.05, 0) is 44.9 Å². The molecule has 0 bridgehead atoms. The van der Waals surface area contributed by atoms with Crippen LogP contribution in [0.4, 0.5) is 0 Å². The van der Waals surface area contributed by atoms with Crippen LogP contribution < -0.4 is 5.32 Å². The number of hydrogen-bond acceptors (Lipinski definition) is 3. The predicted molar refractivity (Wildman–Crippen MR) is 70.9 cm³/mol. The molecule has 1 aromatic heterocycles. The van der Waals surface area contributed by atoms with Gasteiger partial charge in [0.1, 0.15) is 0 Å². The molecule has 1 aliphatic carbocycles. The van der Waals surface area contributed by atoms with Crippen molar-refractivity contribution in [2.75, 3.05) is 13.6 Å². The summed E-state index contributed by atoms with van der Waals surface area (Å²) in [6, 6.07) is 3.64.